The van der Waals surface area contributed by atoms with Crippen molar-refractivity contribution in [2.45, 2.75) is 40.2 Å². The van der Waals surface area contributed by atoms with E-state index in [0.29, 0.717) is 6.42 Å². The summed E-state index contributed by atoms with van der Waals surface area (Å²) in [7, 11) is 0. The summed E-state index contributed by atoms with van der Waals surface area (Å²) in [5.41, 5.74) is 2.06. The number of carbonyl (C=O) groups excluding carboxylic acids is 2. The second kappa shape index (κ2) is 12.2. The van der Waals surface area contributed by atoms with E-state index in [1.807, 2.05) is 52.0 Å². The van der Waals surface area contributed by atoms with Gasteiger partial charge in [0.1, 0.15) is 5.82 Å². The van der Waals surface area contributed by atoms with Crippen molar-refractivity contribution in [3.8, 4) is 0 Å². The number of carbonyl (C=O) groups is 2. The third-order valence-corrected chi connectivity index (χ3v) is 4.55. The molecule has 158 valence electrons. The van der Waals surface area contributed by atoms with E-state index in [9.17, 15) is 19.1 Å². The second-order valence-corrected chi connectivity index (χ2v) is 6.29. The van der Waals surface area contributed by atoms with Gasteiger partial charge in [-0.2, -0.15) is 0 Å². The largest absolute Gasteiger partial charge is 0.396 e. The SMILES string of the molecule is CC.CC.O=C(Nc1ccc(Cl)c(F)c1)C(=O)NC1c2ccccc2CC1CO. The Morgan fingerprint density at radius 3 is 2.38 bits per heavy atom. The number of halogens is 2. The van der Waals surface area contributed by atoms with Crippen molar-refractivity contribution in [3.63, 3.8) is 0 Å². The Morgan fingerprint density at radius 2 is 1.76 bits per heavy atom. The average Bonchev–Trinajstić information content (AvgIpc) is 3.11. The monoisotopic (exact) mass is 422 g/mol. The van der Waals surface area contributed by atoms with Crippen LogP contribution in [0.2, 0.25) is 5.02 Å². The highest BCUT2D eigenvalue weighted by Crippen LogP contribution is 2.35. The molecule has 2 atom stereocenters. The van der Waals surface area contributed by atoms with Gasteiger partial charge in [0.25, 0.3) is 0 Å². The third-order valence-electron chi connectivity index (χ3n) is 4.25. The van der Waals surface area contributed by atoms with E-state index in [1.165, 1.54) is 12.1 Å². The van der Waals surface area contributed by atoms with E-state index in [1.54, 1.807) is 0 Å². The molecule has 1 aliphatic rings. The topological polar surface area (TPSA) is 78.4 Å². The molecule has 0 spiro atoms. The van der Waals surface area contributed by atoms with Crippen LogP contribution in [0.4, 0.5) is 10.1 Å². The number of hydrogen-bond acceptors (Lipinski definition) is 3. The Labute approximate surface area is 176 Å². The molecule has 3 N–H and O–H groups in total. The Balaban J connectivity index is 0.000000989. The number of aliphatic hydroxyl groups is 1. The number of benzene rings is 2. The molecule has 7 heteroatoms. The fraction of sp³-hybridized carbons (Fsp3) is 0.364. The molecule has 0 radical (unpaired) electrons. The van der Waals surface area contributed by atoms with Crippen molar-refractivity contribution < 1.29 is 19.1 Å². The lowest BCUT2D eigenvalue weighted by Gasteiger charge is -2.20. The summed E-state index contributed by atoms with van der Waals surface area (Å²) in [6.45, 7) is 7.89. The molecular weight excluding hydrogens is 395 g/mol. The zero-order chi connectivity index (χ0) is 22.0. The number of anilines is 1. The fourth-order valence-electron chi connectivity index (χ4n) is 3.01. The van der Waals surface area contributed by atoms with Gasteiger partial charge in [0.15, 0.2) is 0 Å². The fourth-order valence-corrected chi connectivity index (χ4v) is 3.13. The lowest BCUT2D eigenvalue weighted by Crippen LogP contribution is -2.40. The first-order chi connectivity index (χ1) is 14.0. The molecule has 0 aliphatic heterocycles. The van der Waals surface area contributed by atoms with Crippen molar-refractivity contribution in [2.24, 2.45) is 5.92 Å². The van der Waals surface area contributed by atoms with Gasteiger partial charge in [-0.1, -0.05) is 63.6 Å². The van der Waals surface area contributed by atoms with E-state index in [-0.39, 0.29) is 23.2 Å². The Morgan fingerprint density at radius 1 is 1.10 bits per heavy atom. The molecule has 0 heterocycles. The summed E-state index contributed by atoms with van der Waals surface area (Å²) in [5, 5.41) is 14.5. The lowest BCUT2D eigenvalue weighted by atomic mass is 10.0. The van der Waals surface area contributed by atoms with Gasteiger partial charge < -0.3 is 15.7 Å². The van der Waals surface area contributed by atoms with Gasteiger partial charge in [-0.25, -0.2) is 4.39 Å². The van der Waals surface area contributed by atoms with Gasteiger partial charge >= 0.3 is 11.8 Å². The molecule has 2 amide bonds. The molecule has 0 bridgehead atoms. The second-order valence-electron chi connectivity index (χ2n) is 5.88. The van der Waals surface area contributed by atoms with Crippen LogP contribution < -0.4 is 10.6 Å². The van der Waals surface area contributed by atoms with Crippen molar-refractivity contribution in [2.75, 3.05) is 11.9 Å². The van der Waals surface area contributed by atoms with Crippen LogP contribution in [0.1, 0.15) is 44.9 Å². The summed E-state index contributed by atoms with van der Waals surface area (Å²) in [4.78, 5) is 24.3. The molecule has 0 fully saturated rings. The minimum atomic E-state index is -0.914. The number of rotatable bonds is 3. The summed E-state index contributed by atoms with van der Waals surface area (Å²) >= 11 is 5.58. The van der Waals surface area contributed by atoms with Crippen molar-refractivity contribution in [1.82, 2.24) is 5.32 Å². The highest BCUT2D eigenvalue weighted by atomic mass is 35.5. The van der Waals surface area contributed by atoms with E-state index < -0.39 is 23.7 Å². The van der Waals surface area contributed by atoms with Crippen molar-refractivity contribution in [3.05, 3.63) is 64.4 Å². The number of hydrogen-bond donors (Lipinski definition) is 3. The van der Waals surface area contributed by atoms with E-state index >= 15 is 0 Å². The minimum absolute atomic E-state index is 0.0733. The zero-order valence-electron chi connectivity index (χ0n) is 17.1. The Bertz CT molecular complexity index is 829. The average molecular weight is 423 g/mol. The first kappa shape index (κ1) is 24.6. The first-order valence-electron chi connectivity index (χ1n) is 9.75. The molecule has 1 aliphatic carbocycles. The molecule has 2 unspecified atom stereocenters. The maximum absolute atomic E-state index is 13.4. The maximum Gasteiger partial charge on any atom is 0.313 e. The standard InChI is InChI=1S/C18H16ClFN2O3.2C2H6/c19-14-6-5-12(8-15(14)20)21-17(24)18(25)22-16-11(9-23)7-10-3-1-2-4-13(10)16;2*1-2/h1-6,8,11,16,23H,7,9H2,(H,21,24)(H,22,25);2*1-2H3. The number of fused-ring (bicyclic) bond motifs is 1. The normalized spacial score (nSPS) is 16.4. The number of nitrogens with one attached hydrogen (secondary N) is 2. The lowest BCUT2D eigenvalue weighted by molar-refractivity contribution is -0.136. The van der Waals surface area contributed by atoms with E-state index in [4.69, 9.17) is 11.6 Å². The number of amides is 2. The van der Waals surface area contributed by atoms with Gasteiger partial charge in [0.2, 0.25) is 0 Å². The molecule has 29 heavy (non-hydrogen) atoms. The van der Waals surface area contributed by atoms with Crippen molar-refractivity contribution >= 4 is 29.1 Å². The molecule has 5 nitrogen and oxygen atoms in total. The van der Waals surface area contributed by atoms with Gasteiger partial charge in [-0.15, -0.1) is 0 Å². The van der Waals surface area contributed by atoms with Gasteiger partial charge in [0, 0.05) is 18.2 Å². The van der Waals surface area contributed by atoms with Gasteiger partial charge in [0.05, 0.1) is 11.1 Å². The number of aliphatic hydroxyl groups excluding tert-OH is 1. The van der Waals surface area contributed by atoms with Crippen LogP contribution in [0.15, 0.2) is 42.5 Å². The summed E-state index contributed by atoms with van der Waals surface area (Å²) in [6, 6.07) is 10.8. The van der Waals surface area contributed by atoms with Crippen LogP contribution in [-0.2, 0) is 16.0 Å². The molecule has 2 aromatic rings. The van der Waals surface area contributed by atoms with Crippen LogP contribution in [0.5, 0.6) is 0 Å². The van der Waals surface area contributed by atoms with Gasteiger partial charge in [-0.3, -0.25) is 9.59 Å². The van der Waals surface area contributed by atoms with E-state index in [0.717, 1.165) is 17.2 Å². The quantitative estimate of drug-likeness (QED) is 0.637. The smallest absolute Gasteiger partial charge is 0.313 e. The predicted molar refractivity (Wildman–Crippen MR) is 114 cm³/mol. The van der Waals surface area contributed by atoms with Crippen LogP contribution in [0.3, 0.4) is 0 Å². The van der Waals surface area contributed by atoms with Crippen LogP contribution >= 0.6 is 11.6 Å². The summed E-state index contributed by atoms with van der Waals surface area (Å²) < 4.78 is 13.4. The Hall–Kier alpha value is -2.44. The summed E-state index contributed by atoms with van der Waals surface area (Å²) in [6.07, 6.45) is 0.627. The van der Waals surface area contributed by atoms with E-state index in [2.05, 4.69) is 10.6 Å². The molecule has 0 aromatic heterocycles. The molecule has 3 rings (SSSR count). The van der Waals surface area contributed by atoms with Crippen LogP contribution in [-0.4, -0.2) is 23.5 Å². The predicted octanol–water partition coefficient (Wildman–Crippen LogP) is 4.49. The van der Waals surface area contributed by atoms with Crippen LogP contribution in [0, 0.1) is 11.7 Å². The van der Waals surface area contributed by atoms with Crippen molar-refractivity contribution in [1.29, 1.82) is 0 Å². The van der Waals surface area contributed by atoms with Gasteiger partial charge in [-0.05, 0) is 35.7 Å². The molecule has 2 aromatic carbocycles. The highest BCUT2D eigenvalue weighted by molar-refractivity contribution is 6.39. The third kappa shape index (κ3) is 6.27. The molecule has 0 saturated carbocycles. The molecule has 0 saturated heterocycles. The summed E-state index contributed by atoms with van der Waals surface area (Å²) in [5.74, 6) is -2.65. The van der Waals surface area contributed by atoms with Crippen LogP contribution in [0.25, 0.3) is 0 Å². The zero-order valence-corrected chi connectivity index (χ0v) is 17.9. The maximum atomic E-state index is 13.4. The Kier molecular flexibility index (Phi) is 10.3. The minimum Gasteiger partial charge on any atom is -0.396 e. The first-order valence-corrected chi connectivity index (χ1v) is 10.1. The molecular formula is C22H28ClFN2O3. The highest BCUT2D eigenvalue weighted by Gasteiger charge is 2.34.